The molecule has 2 aromatic heterocycles. The van der Waals surface area contributed by atoms with Crippen LogP contribution in [0.15, 0.2) is 36.1 Å². The molecule has 0 saturated carbocycles. The Balaban J connectivity index is 2.06. The zero-order chi connectivity index (χ0) is 17.8. The molecule has 0 bridgehead atoms. The highest BCUT2D eigenvalue weighted by Gasteiger charge is 2.18. The van der Waals surface area contributed by atoms with Crippen LogP contribution in [0.4, 0.5) is 3.89 Å². The molecular formula is C18H20FN3OS2. The van der Waals surface area contributed by atoms with Gasteiger partial charge in [0.15, 0.2) is 12.3 Å². The van der Waals surface area contributed by atoms with Crippen LogP contribution in [-0.4, -0.2) is 20.9 Å². The molecule has 2 heterocycles. The topological polar surface area (TPSA) is 46.9 Å². The number of nitrogens with one attached hydrogen (secondary N) is 1. The second-order valence-corrected chi connectivity index (χ2v) is 7.32. The predicted molar refractivity (Wildman–Crippen MR) is 104 cm³/mol. The minimum absolute atomic E-state index is 0.113. The normalized spacial score (nSPS) is 12.4. The number of halogens is 1. The van der Waals surface area contributed by atoms with E-state index in [-0.39, 0.29) is 24.3 Å². The highest BCUT2D eigenvalue weighted by molar-refractivity contribution is 7.92. The summed E-state index contributed by atoms with van der Waals surface area (Å²) < 4.78 is 14.7. The Hall–Kier alpha value is -1.86. The summed E-state index contributed by atoms with van der Waals surface area (Å²) in [6.07, 6.45) is 6.26. The SMILES string of the molecule is CCCC(CC)NC(=O)c1cc(-c2cncs2)cc2c1ccn2SF. The molecule has 25 heavy (non-hydrogen) atoms. The minimum atomic E-state index is -0.113. The van der Waals surface area contributed by atoms with Gasteiger partial charge in [-0.05, 0) is 36.6 Å². The quantitative estimate of drug-likeness (QED) is 0.595. The van der Waals surface area contributed by atoms with Gasteiger partial charge in [0.2, 0.25) is 0 Å². The lowest BCUT2D eigenvalue weighted by Gasteiger charge is -2.17. The largest absolute Gasteiger partial charge is 0.349 e. The third-order valence-corrected chi connectivity index (χ3v) is 5.56. The van der Waals surface area contributed by atoms with E-state index >= 15 is 0 Å². The summed E-state index contributed by atoms with van der Waals surface area (Å²) in [4.78, 5) is 17.9. The fourth-order valence-corrected chi connectivity index (χ4v) is 3.90. The summed E-state index contributed by atoms with van der Waals surface area (Å²) in [5.74, 6) is -0.113. The van der Waals surface area contributed by atoms with E-state index in [0.717, 1.165) is 35.1 Å². The van der Waals surface area contributed by atoms with Crippen LogP contribution in [0.3, 0.4) is 0 Å². The minimum Gasteiger partial charge on any atom is -0.349 e. The van der Waals surface area contributed by atoms with Crippen LogP contribution in [0.5, 0.6) is 0 Å². The van der Waals surface area contributed by atoms with Crippen molar-refractivity contribution in [2.75, 3.05) is 0 Å². The van der Waals surface area contributed by atoms with Crippen LogP contribution in [-0.2, 0) is 0 Å². The molecule has 1 atom stereocenters. The number of benzene rings is 1. The van der Waals surface area contributed by atoms with E-state index in [2.05, 4.69) is 24.1 Å². The number of hydrogen-bond acceptors (Lipinski definition) is 4. The van der Waals surface area contributed by atoms with Gasteiger partial charge in [-0.2, -0.15) is 0 Å². The number of carbonyl (C=O) groups excluding carboxylic acids is 1. The molecule has 0 fully saturated rings. The Morgan fingerprint density at radius 2 is 2.28 bits per heavy atom. The van der Waals surface area contributed by atoms with Crippen LogP contribution >= 0.6 is 23.7 Å². The zero-order valence-electron chi connectivity index (χ0n) is 14.2. The molecule has 4 nitrogen and oxygen atoms in total. The second-order valence-electron chi connectivity index (χ2n) is 5.90. The highest BCUT2D eigenvalue weighted by Crippen LogP contribution is 2.32. The molecule has 3 aromatic rings. The Bertz CT molecular complexity index is 861. The number of amides is 1. The lowest BCUT2D eigenvalue weighted by Crippen LogP contribution is -2.34. The first-order valence-corrected chi connectivity index (χ1v) is 9.87. The van der Waals surface area contributed by atoms with Crippen molar-refractivity contribution in [1.29, 1.82) is 0 Å². The van der Waals surface area contributed by atoms with Gasteiger partial charge in [-0.1, -0.05) is 20.3 Å². The maximum Gasteiger partial charge on any atom is 0.252 e. The second kappa shape index (κ2) is 8.01. The van der Waals surface area contributed by atoms with E-state index in [9.17, 15) is 8.68 Å². The molecule has 0 saturated heterocycles. The number of thiazole rings is 1. The Morgan fingerprint density at radius 3 is 2.92 bits per heavy atom. The van der Waals surface area contributed by atoms with Crippen molar-refractivity contribution in [3.63, 3.8) is 0 Å². The van der Waals surface area contributed by atoms with Gasteiger partial charge in [0.05, 0.1) is 15.9 Å². The van der Waals surface area contributed by atoms with Crippen molar-refractivity contribution >= 4 is 40.5 Å². The number of fused-ring (bicyclic) bond motifs is 1. The Kier molecular flexibility index (Phi) is 5.75. The first kappa shape index (κ1) is 17.9. The molecular weight excluding hydrogens is 357 g/mol. The van der Waals surface area contributed by atoms with E-state index in [1.54, 1.807) is 24.0 Å². The monoisotopic (exact) mass is 377 g/mol. The lowest BCUT2D eigenvalue weighted by molar-refractivity contribution is 0.0935. The first-order chi connectivity index (χ1) is 12.2. The molecule has 1 N–H and O–H groups in total. The van der Waals surface area contributed by atoms with Gasteiger partial charge in [0.1, 0.15) is 0 Å². The van der Waals surface area contributed by atoms with Gasteiger partial charge in [0.25, 0.3) is 5.91 Å². The Morgan fingerprint density at radius 1 is 1.44 bits per heavy atom. The van der Waals surface area contributed by atoms with Gasteiger partial charge >= 0.3 is 0 Å². The van der Waals surface area contributed by atoms with Crippen molar-refractivity contribution in [2.45, 2.75) is 39.2 Å². The maximum absolute atomic E-state index is 13.2. The summed E-state index contributed by atoms with van der Waals surface area (Å²) in [6, 6.07) is 5.71. The summed E-state index contributed by atoms with van der Waals surface area (Å²) in [6.45, 7) is 4.18. The fraction of sp³-hybridized carbons (Fsp3) is 0.333. The van der Waals surface area contributed by atoms with Gasteiger partial charge in [0, 0.05) is 29.4 Å². The number of hydrogen-bond donors (Lipinski definition) is 1. The molecule has 0 radical (unpaired) electrons. The summed E-state index contributed by atoms with van der Waals surface area (Å²) in [5.41, 5.74) is 3.88. The summed E-state index contributed by atoms with van der Waals surface area (Å²) >= 11 is 1.63. The van der Waals surface area contributed by atoms with Gasteiger partial charge in [-0.3, -0.25) is 13.8 Å². The van der Waals surface area contributed by atoms with E-state index in [4.69, 9.17) is 0 Å². The fourth-order valence-electron chi connectivity index (χ4n) is 2.96. The molecule has 1 amide bonds. The van der Waals surface area contributed by atoms with Crippen LogP contribution in [0.25, 0.3) is 21.3 Å². The lowest BCUT2D eigenvalue weighted by atomic mass is 10.0. The van der Waals surface area contributed by atoms with Crippen LogP contribution in [0, 0.1) is 0 Å². The molecule has 132 valence electrons. The van der Waals surface area contributed by atoms with E-state index in [0.29, 0.717) is 11.1 Å². The highest BCUT2D eigenvalue weighted by atomic mass is 32.2. The first-order valence-electron chi connectivity index (χ1n) is 8.31. The molecule has 0 aliphatic rings. The van der Waals surface area contributed by atoms with E-state index in [1.165, 1.54) is 15.3 Å². The van der Waals surface area contributed by atoms with E-state index < -0.39 is 0 Å². The van der Waals surface area contributed by atoms with Crippen LogP contribution < -0.4 is 5.32 Å². The summed E-state index contributed by atoms with van der Waals surface area (Å²) in [7, 11) is 0. The molecule has 3 rings (SSSR count). The average molecular weight is 378 g/mol. The van der Waals surface area contributed by atoms with Crippen molar-refractivity contribution in [1.82, 2.24) is 14.3 Å². The van der Waals surface area contributed by atoms with Gasteiger partial charge in [-0.15, -0.1) is 15.2 Å². The van der Waals surface area contributed by atoms with Crippen molar-refractivity contribution < 1.29 is 8.68 Å². The zero-order valence-corrected chi connectivity index (χ0v) is 15.8. The number of aromatic nitrogens is 2. The molecule has 7 heteroatoms. The predicted octanol–water partition coefficient (Wildman–Crippen LogP) is 5.45. The van der Waals surface area contributed by atoms with Crippen LogP contribution in [0.2, 0.25) is 0 Å². The number of carbonyl (C=O) groups is 1. The molecule has 1 unspecified atom stereocenters. The van der Waals surface area contributed by atoms with Crippen molar-refractivity contribution in [3.05, 3.63) is 41.7 Å². The maximum atomic E-state index is 13.2. The van der Waals surface area contributed by atoms with Gasteiger partial charge < -0.3 is 5.32 Å². The number of nitrogens with zero attached hydrogens (tertiary/aromatic N) is 2. The smallest absolute Gasteiger partial charge is 0.252 e. The molecule has 1 aromatic carbocycles. The van der Waals surface area contributed by atoms with Crippen molar-refractivity contribution in [2.24, 2.45) is 0 Å². The third kappa shape index (κ3) is 3.72. The van der Waals surface area contributed by atoms with Crippen molar-refractivity contribution in [3.8, 4) is 10.4 Å². The third-order valence-electron chi connectivity index (χ3n) is 4.27. The molecule has 0 aliphatic carbocycles. The standard InChI is InChI=1S/C18H20FN3OS2/c1-3-5-13(4-2)21-18(23)15-8-12(17-10-20-11-24-17)9-16-14(15)6-7-22(16)25-19/h6-11,13H,3-5H2,1-2H3,(H,21,23). The van der Waals surface area contributed by atoms with Crippen LogP contribution in [0.1, 0.15) is 43.5 Å². The van der Waals surface area contributed by atoms with Gasteiger partial charge in [-0.25, -0.2) is 0 Å². The molecule has 0 spiro atoms. The molecule has 0 aliphatic heterocycles. The summed E-state index contributed by atoms with van der Waals surface area (Å²) in [5, 5.41) is 3.87. The number of rotatable bonds is 7. The van der Waals surface area contributed by atoms with E-state index in [1.807, 2.05) is 12.1 Å². The average Bonchev–Trinajstić information content (AvgIpc) is 3.29. The Labute approximate surface area is 154 Å².